The monoisotopic (exact) mass is 251 g/mol. The van der Waals surface area contributed by atoms with Gasteiger partial charge in [-0.05, 0) is 6.26 Å². The third-order valence-corrected chi connectivity index (χ3v) is 2.57. The number of nitrogens with zero attached hydrogens (tertiary/aromatic N) is 4. The first-order chi connectivity index (χ1) is 8.21. The molecular weight excluding hydrogens is 238 g/mol. The molecule has 6 nitrogen and oxygen atoms in total. The molecule has 17 heavy (non-hydrogen) atoms. The van der Waals surface area contributed by atoms with Crippen LogP contribution in [0.3, 0.4) is 0 Å². The fourth-order valence-corrected chi connectivity index (χ4v) is 1.62. The molecule has 0 bridgehead atoms. The third-order valence-electron chi connectivity index (χ3n) is 2.02. The number of aromatic nitrogens is 4. The molecule has 0 fully saturated rings. The minimum absolute atomic E-state index is 0.502. The van der Waals surface area contributed by atoms with Crippen LogP contribution in [0.1, 0.15) is 0 Å². The quantitative estimate of drug-likeness (QED) is 0.660. The molecule has 2 aromatic heterocycles. The second-order valence-electron chi connectivity index (χ2n) is 3.28. The first kappa shape index (κ1) is 11.7. The molecule has 7 heteroatoms. The summed E-state index contributed by atoms with van der Waals surface area (Å²) < 4.78 is 7.27. The molecule has 1 N–H and O–H groups in total. The first-order valence-corrected chi connectivity index (χ1v) is 6.21. The summed E-state index contributed by atoms with van der Waals surface area (Å²) in [5.41, 5.74) is 0. The van der Waals surface area contributed by atoms with Crippen LogP contribution in [0.2, 0.25) is 0 Å². The number of aryl methyl sites for hydroxylation is 1. The van der Waals surface area contributed by atoms with Crippen LogP contribution in [0.25, 0.3) is 0 Å². The van der Waals surface area contributed by atoms with Gasteiger partial charge in [-0.2, -0.15) is 10.1 Å². The first-order valence-electron chi connectivity index (χ1n) is 4.98. The Morgan fingerprint density at radius 3 is 2.82 bits per heavy atom. The van der Waals surface area contributed by atoms with Gasteiger partial charge in [-0.25, -0.2) is 4.98 Å². The second kappa shape index (κ2) is 5.05. The predicted molar refractivity (Wildman–Crippen MR) is 66.6 cm³/mol. The lowest BCUT2D eigenvalue weighted by atomic mass is 10.5. The van der Waals surface area contributed by atoms with Gasteiger partial charge in [0.1, 0.15) is 5.82 Å². The van der Waals surface area contributed by atoms with E-state index in [0.717, 1.165) is 5.82 Å². The van der Waals surface area contributed by atoms with Crippen molar-refractivity contribution in [2.24, 2.45) is 7.05 Å². The summed E-state index contributed by atoms with van der Waals surface area (Å²) in [6.45, 7) is 0. The standard InChI is InChI=1S/C10H13N5OS/c1-11-8-4-9(14-10(13-8)17-3)16-7-5-12-15(2)6-7/h4-6H,1-3H3,(H,11,13,14). The molecule has 0 amide bonds. The lowest BCUT2D eigenvalue weighted by molar-refractivity contribution is 0.455. The van der Waals surface area contributed by atoms with Crippen molar-refractivity contribution in [1.82, 2.24) is 19.7 Å². The summed E-state index contributed by atoms with van der Waals surface area (Å²) >= 11 is 1.47. The molecule has 0 saturated heterocycles. The van der Waals surface area contributed by atoms with E-state index in [1.165, 1.54) is 11.8 Å². The molecule has 0 aliphatic heterocycles. The molecule has 90 valence electrons. The number of rotatable bonds is 4. The molecule has 2 aromatic rings. The maximum Gasteiger partial charge on any atom is 0.225 e. The molecule has 2 heterocycles. The smallest absolute Gasteiger partial charge is 0.225 e. The summed E-state index contributed by atoms with van der Waals surface area (Å²) in [6.07, 6.45) is 5.34. The molecule has 0 radical (unpaired) electrons. The Bertz CT molecular complexity index is 491. The molecule has 0 atom stereocenters. The molecule has 0 unspecified atom stereocenters. The van der Waals surface area contributed by atoms with E-state index in [-0.39, 0.29) is 0 Å². The molecule has 0 aromatic carbocycles. The van der Waals surface area contributed by atoms with Gasteiger partial charge in [-0.3, -0.25) is 4.68 Å². The Hall–Kier alpha value is -1.76. The zero-order valence-corrected chi connectivity index (χ0v) is 10.7. The molecular formula is C10H13N5OS. The van der Waals surface area contributed by atoms with Crippen molar-refractivity contribution >= 4 is 17.6 Å². The van der Waals surface area contributed by atoms with Gasteiger partial charge in [-0.15, -0.1) is 0 Å². The fraction of sp³-hybridized carbons (Fsp3) is 0.300. The Kier molecular flexibility index (Phi) is 3.48. The van der Waals surface area contributed by atoms with Crippen molar-refractivity contribution in [2.45, 2.75) is 5.16 Å². The van der Waals surface area contributed by atoms with Crippen LogP contribution in [0.5, 0.6) is 11.6 Å². The predicted octanol–water partition coefficient (Wildman–Crippen LogP) is 1.77. The van der Waals surface area contributed by atoms with Gasteiger partial charge in [0.2, 0.25) is 5.88 Å². The van der Waals surface area contributed by atoms with Crippen molar-refractivity contribution in [1.29, 1.82) is 0 Å². The highest BCUT2D eigenvalue weighted by molar-refractivity contribution is 7.98. The summed E-state index contributed by atoms with van der Waals surface area (Å²) in [6, 6.07) is 1.74. The molecule has 0 aliphatic carbocycles. The summed E-state index contributed by atoms with van der Waals surface area (Å²) in [7, 11) is 3.64. The molecule has 0 saturated carbocycles. The number of nitrogens with one attached hydrogen (secondary N) is 1. The van der Waals surface area contributed by atoms with Gasteiger partial charge in [-0.1, -0.05) is 11.8 Å². The van der Waals surface area contributed by atoms with Crippen molar-refractivity contribution in [3.8, 4) is 11.6 Å². The Morgan fingerprint density at radius 1 is 1.41 bits per heavy atom. The lowest BCUT2D eigenvalue weighted by Gasteiger charge is -2.06. The maximum absolute atomic E-state index is 5.60. The van der Waals surface area contributed by atoms with Crippen LogP contribution in [-0.4, -0.2) is 33.1 Å². The fourth-order valence-electron chi connectivity index (χ4n) is 1.25. The molecule has 0 aliphatic rings. The lowest BCUT2D eigenvalue weighted by Crippen LogP contribution is -1.97. The van der Waals surface area contributed by atoms with Gasteiger partial charge in [0.25, 0.3) is 0 Å². The maximum atomic E-state index is 5.60. The van der Waals surface area contributed by atoms with Crippen LogP contribution in [-0.2, 0) is 7.05 Å². The zero-order valence-electron chi connectivity index (χ0n) is 9.84. The topological polar surface area (TPSA) is 64.9 Å². The van der Waals surface area contributed by atoms with E-state index in [0.29, 0.717) is 16.8 Å². The van der Waals surface area contributed by atoms with Crippen molar-refractivity contribution < 1.29 is 4.74 Å². The van der Waals surface area contributed by atoms with Crippen LogP contribution >= 0.6 is 11.8 Å². The molecule has 0 spiro atoms. The van der Waals surface area contributed by atoms with Crippen LogP contribution < -0.4 is 10.1 Å². The minimum atomic E-state index is 0.502. The molecule has 2 rings (SSSR count). The average Bonchev–Trinajstić information content (AvgIpc) is 2.74. The van der Waals surface area contributed by atoms with Gasteiger partial charge >= 0.3 is 0 Å². The van der Waals surface area contributed by atoms with Gasteiger partial charge in [0.15, 0.2) is 10.9 Å². The largest absolute Gasteiger partial charge is 0.435 e. The van der Waals surface area contributed by atoms with E-state index in [4.69, 9.17) is 4.74 Å². The van der Waals surface area contributed by atoms with Gasteiger partial charge < -0.3 is 10.1 Å². The number of thioether (sulfide) groups is 1. The SMILES string of the molecule is CNc1cc(Oc2cnn(C)c2)nc(SC)n1. The highest BCUT2D eigenvalue weighted by Crippen LogP contribution is 2.23. The van der Waals surface area contributed by atoms with E-state index in [1.54, 1.807) is 30.2 Å². The van der Waals surface area contributed by atoms with Crippen molar-refractivity contribution in [2.75, 3.05) is 18.6 Å². The van der Waals surface area contributed by atoms with Crippen molar-refractivity contribution in [3.05, 3.63) is 18.5 Å². The Balaban J connectivity index is 2.25. The average molecular weight is 251 g/mol. The highest BCUT2D eigenvalue weighted by atomic mass is 32.2. The van der Waals surface area contributed by atoms with E-state index >= 15 is 0 Å². The van der Waals surface area contributed by atoms with Crippen LogP contribution in [0.15, 0.2) is 23.6 Å². The van der Waals surface area contributed by atoms with E-state index < -0.39 is 0 Å². The van der Waals surface area contributed by atoms with E-state index in [9.17, 15) is 0 Å². The second-order valence-corrected chi connectivity index (χ2v) is 4.05. The Labute approximate surface area is 103 Å². The van der Waals surface area contributed by atoms with Gasteiger partial charge in [0, 0.05) is 20.2 Å². The number of hydrogen-bond donors (Lipinski definition) is 1. The summed E-state index contributed by atoms with van der Waals surface area (Å²) in [4.78, 5) is 8.51. The van der Waals surface area contributed by atoms with Crippen LogP contribution in [0.4, 0.5) is 5.82 Å². The summed E-state index contributed by atoms with van der Waals surface area (Å²) in [5.74, 6) is 1.88. The normalized spacial score (nSPS) is 10.3. The van der Waals surface area contributed by atoms with Gasteiger partial charge in [0.05, 0.1) is 12.4 Å². The third kappa shape index (κ3) is 2.88. The van der Waals surface area contributed by atoms with E-state index in [2.05, 4.69) is 20.4 Å². The zero-order chi connectivity index (χ0) is 12.3. The summed E-state index contributed by atoms with van der Waals surface area (Å²) in [5, 5.41) is 7.66. The minimum Gasteiger partial charge on any atom is -0.435 e. The van der Waals surface area contributed by atoms with E-state index in [1.807, 2.05) is 13.3 Å². The van der Waals surface area contributed by atoms with Crippen molar-refractivity contribution in [3.63, 3.8) is 0 Å². The highest BCUT2D eigenvalue weighted by Gasteiger charge is 2.06. The number of ether oxygens (including phenoxy) is 1. The Morgan fingerprint density at radius 2 is 2.24 bits per heavy atom. The number of hydrogen-bond acceptors (Lipinski definition) is 6. The van der Waals surface area contributed by atoms with Crippen LogP contribution in [0, 0.1) is 0 Å². The number of anilines is 1.